The molecule has 5 aromatic carbocycles. The van der Waals surface area contributed by atoms with E-state index in [1.807, 2.05) is 36.4 Å². The average molecular weight is 1190 g/mol. The van der Waals surface area contributed by atoms with E-state index in [1.54, 1.807) is 83.9 Å². The Labute approximate surface area is 504 Å². The molecule has 1 N–H and O–H groups in total. The van der Waals surface area contributed by atoms with Crippen LogP contribution in [0.15, 0.2) is 146 Å². The predicted octanol–water partition coefficient (Wildman–Crippen LogP) is 12.9. The number of unbranched alkanes of at least 4 members (excludes halogenated alkanes) is 6. The minimum atomic E-state index is -0.508. The Hall–Kier alpha value is -8.68. The van der Waals surface area contributed by atoms with Crippen molar-refractivity contribution in [2.24, 2.45) is 28.8 Å². The van der Waals surface area contributed by atoms with Gasteiger partial charge in [0.15, 0.2) is 0 Å². The second-order valence-electron chi connectivity index (χ2n) is 21.0. The van der Waals surface area contributed by atoms with Crippen LogP contribution in [0.5, 0.6) is 34.5 Å². The van der Waals surface area contributed by atoms with Gasteiger partial charge in [-0.05, 0) is 199 Å². The summed E-state index contributed by atoms with van der Waals surface area (Å²) < 4.78 is 46.3. The van der Waals surface area contributed by atoms with E-state index in [2.05, 4.69) is 13.2 Å². The molecular formula is C67H73N3O15S. The summed E-state index contributed by atoms with van der Waals surface area (Å²) >= 11 is 1.43. The van der Waals surface area contributed by atoms with E-state index in [4.69, 9.17) is 48.0 Å². The van der Waals surface area contributed by atoms with Gasteiger partial charge in [-0.1, -0.05) is 48.8 Å². The molecule has 452 valence electrons. The molecule has 18 nitrogen and oxygen atoms in total. The van der Waals surface area contributed by atoms with Crippen molar-refractivity contribution in [1.29, 1.82) is 0 Å². The zero-order valence-electron chi connectivity index (χ0n) is 48.2. The summed E-state index contributed by atoms with van der Waals surface area (Å²) in [5.41, 5.74) is 2.46. The fourth-order valence-electron chi connectivity index (χ4n) is 9.91. The summed E-state index contributed by atoms with van der Waals surface area (Å²) in [6.07, 6.45) is 14.0. The summed E-state index contributed by atoms with van der Waals surface area (Å²) in [4.78, 5) is 81.6. The lowest BCUT2D eigenvalue weighted by molar-refractivity contribution is -0.145. The van der Waals surface area contributed by atoms with Gasteiger partial charge in [0.25, 0.3) is 0 Å². The summed E-state index contributed by atoms with van der Waals surface area (Å²) in [7, 11) is 0. The SMILES string of the molecule is C=CC(=O)OCCCCCCOc1ccc(OC(=O)[C@H]2CC[C@H](C(=O)Oc3ccc(OC(=O)[C@H]4CC[C@H](C(=O)Oc5ccc(OCCCCCCOC(=O)C=C)cc5)CC4)c(/C=N/N(c4ccc(CO)cc4)c4nc5ccccc5s4)c3)CC2)cc1. The van der Waals surface area contributed by atoms with Gasteiger partial charge in [0.05, 0.1) is 78.8 Å². The maximum absolute atomic E-state index is 14.0. The van der Waals surface area contributed by atoms with Crippen molar-refractivity contribution in [1.82, 2.24) is 4.98 Å². The Bertz CT molecular complexity index is 3220. The number of para-hydroxylation sites is 1. The third-order valence-electron chi connectivity index (χ3n) is 14.9. The number of aromatic nitrogens is 1. The van der Waals surface area contributed by atoms with Crippen LogP contribution in [-0.2, 0) is 44.8 Å². The van der Waals surface area contributed by atoms with Gasteiger partial charge >= 0.3 is 35.8 Å². The van der Waals surface area contributed by atoms with Crippen molar-refractivity contribution in [3.63, 3.8) is 0 Å². The lowest BCUT2D eigenvalue weighted by atomic mass is 9.82. The predicted molar refractivity (Wildman–Crippen MR) is 325 cm³/mol. The molecule has 2 fully saturated rings. The first-order valence-corrected chi connectivity index (χ1v) is 30.2. The van der Waals surface area contributed by atoms with Crippen molar-refractivity contribution in [3.8, 4) is 34.5 Å². The first kappa shape index (κ1) is 63.3. The van der Waals surface area contributed by atoms with E-state index in [0.29, 0.717) is 123 Å². The van der Waals surface area contributed by atoms with Crippen LogP contribution in [0.3, 0.4) is 0 Å². The number of esters is 6. The molecule has 6 aromatic rings. The second-order valence-corrected chi connectivity index (χ2v) is 22.0. The van der Waals surface area contributed by atoms with Crippen LogP contribution >= 0.6 is 11.3 Å². The molecule has 0 spiro atoms. The number of hydrogen-bond acceptors (Lipinski definition) is 19. The van der Waals surface area contributed by atoms with Crippen LogP contribution in [0.4, 0.5) is 10.8 Å². The molecule has 1 aromatic heterocycles. The second kappa shape index (κ2) is 33.1. The Morgan fingerprint density at radius 2 is 0.953 bits per heavy atom. The van der Waals surface area contributed by atoms with Crippen molar-refractivity contribution >= 4 is 74.4 Å². The number of anilines is 2. The smallest absolute Gasteiger partial charge is 0.330 e. The van der Waals surface area contributed by atoms with E-state index >= 15 is 0 Å². The van der Waals surface area contributed by atoms with Gasteiger partial charge in [-0.15, -0.1) is 0 Å². The molecule has 0 bridgehead atoms. The first-order valence-electron chi connectivity index (χ1n) is 29.4. The average Bonchev–Trinajstić information content (AvgIpc) is 4.11. The maximum Gasteiger partial charge on any atom is 0.330 e. The zero-order valence-corrected chi connectivity index (χ0v) is 49.0. The number of hydrazone groups is 1. The monoisotopic (exact) mass is 1190 g/mol. The van der Waals surface area contributed by atoms with E-state index < -0.39 is 47.5 Å². The Morgan fingerprint density at radius 1 is 0.523 bits per heavy atom. The third kappa shape index (κ3) is 19.4. The van der Waals surface area contributed by atoms with Crippen LogP contribution in [0, 0.1) is 23.7 Å². The van der Waals surface area contributed by atoms with Crippen molar-refractivity contribution in [3.05, 3.63) is 152 Å². The molecule has 2 aliphatic carbocycles. The molecule has 0 atom stereocenters. The maximum atomic E-state index is 14.0. The summed E-state index contributed by atoms with van der Waals surface area (Å²) in [5.74, 6) is -1.86. The molecule has 2 saturated carbocycles. The number of rotatable bonds is 31. The first-order chi connectivity index (χ1) is 41.9. The number of carbonyl (C=O) groups excluding carboxylic acids is 6. The highest BCUT2D eigenvalue weighted by Crippen LogP contribution is 2.37. The standard InChI is InChI=1S/C67H73N3O15S/c1-3-61(72)80-41-13-7-5-11-39-78-53-29-33-55(34-30-53)82-63(74)47-19-21-49(22-20-47)65(76)84-57-37-38-59(51(43-57)44-68-70(52-27-17-46(45-71)18-28-52)67-69-58-15-9-10-16-60(58)86-67)85-66(77)50-25-23-48(24-26-50)64(75)83-56-35-31-54(32-36-56)79-40-12-6-8-14-42-81-62(73)4-2/h3-4,9-10,15-18,27-38,43-44,47-50,71H,1-2,5-8,11-14,19-26,39-42,45H2/b68-44+/t47-,48-,49-,50-. The number of aliphatic hydroxyl groups excluding tert-OH is 1. The Kier molecular flexibility index (Phi) is 24.4. The van der Waals surface area contributed by atoms with Crippen molar-refractivity contribution in [2.75, 3.05) is 31.4 Å². The summed E-state index contributed by atoms with van der Waals surface area (Å²) in [6.45, 7) is 8.40. The minimum Gasteiger partial charge on any atom is -0.494 e. The fraction of sp³-hybridized carbons (Fsp3) is 0.373. The van der Waals surface area contributed by atoms with Gasteiger partial charge in [0, 0.05) is 17.7 Å². The highest BCUT2D eigenvalue weighted by molar-refractivity contribution is 7.22. The van der Waals surface area contributed by atoms with Crippen molar-refractivity contribution in [2.45, 2.75) is 109 Å². The van der Waals surface area contributed by atoms with E-state index in [0.717, 1.165) is 73.7 Å². The molecule has 19 heteroatoms. The summed E-state index contributed by atoms with van der Waals surface area (Å²) in [5, 5.41) is 16.9. The number of hydrogen-bond donors (Lipinski definition) is 1. The zero-order chi connectivity index (χ0) is 60.5. The highest BCUT2D eigenvalue weighted by Gasteiger charge is 2.34. The number of carbonyl (C=O) groups is 6. The number of ether oxygens (including phenoxy) is 8. The van der Waals surface area contributed by atoms with Crippen LogP contribution in [0.25, 0.3) is 10.2 Å². The number of thiazole rings is 1. The quantitative estimate of drug-likeness (QED) is 0.0107. The highest BCUT2D eigenvalue weighted by atomic mass is 32.1. The summed E-state index contributed by atoms with van der Waals surface area (Å²) in [6, 6.07) is 33.4. The van der Waals surface area contributed by atoms with Gasteiger partial charge in [-0.2, -0.15) is 5.10 Å². The van der Waals surface area contributed by atoms with E-state index in [1.165, 1.54) is 17.6 Å². The molecule has 1 heterocycles. The third-order valence-corrected chi connectivity index (χ3v) is 15.9. The topological polar surface area (TPSA) is 225 Å². The van der Waals surface area contributed by atoms with E-state index in [-0.39, 0.29) is 30.0 Å². The number of fused-ring (bicyclic) bond motifs is 1. The molecule has 0 unspecified atom stereocenters. The van der Waals surface area contributed by atoms with Crippen LogP contribution in [0.1, 0.15) is 114 Å². The Morgan fingerprint density at radius 3 is 1.42 bits per heavy atom. The van der Waals surface area contributed by atoms with Gasteiger partial charge in [0.1, 0.15) is 34.5 Å². The van der Waals surface area contributed by atoms with Gasteiger partial charge in [0.2, 0.25) is 5.13 Å². The largest absolute Gasteiger partial charge is 0.494 e. The minimum absolute atomic E-state index is 0.143. The molecule has 0 saturated heterocycles. The van der Waals surface area contributed by atoms with Crippen LogP contribution < -0.4 is 33.4 Å². The van der Waals surface area contributed by atoms with Crippen LogP contribution in [-0.4, -0.2) is 78.5 Å². The number of aliphatic hydroxyl groups is 1. The fourth-order valence-corrected chi connectivity index (χ4v) is 10.9. The molecule has 0 radical (unpaired) electrons. The van der Waals surface area contributed by atoms with Crippen molar-refractivity contribution < 1.29 is 71.8 Å². The van der Waals surface area contributed by atoms with E-state index in [9.17, 15) is 33.9 Å². The van der Waals surface area contributed by atoms with Crippen LogP contribution in [0.2, 0.25) is 0 Å². The molecule has 86 heavy (non-hydrogen) atoms. The molecule has 8 rings (SSSR count). The Balaban J connectivity index is 0.856. The molecular weight excluding hydrogens is 1120 g/mol. The molecule has 0 amide bonds. The van der Waals surface area contributed by atoms with Gasteiger partial charge in [-0.3, -0.25) is 19.2 Å². The number of benzene rings is 5. The molecule has 0 aliphatic heterocycles. The lowest BCUT2D eigenvalue weighted by Gasteiger charge is -2.26. The van der Waals surface area contributed by atoms with Gasteiger partial charge < -0.3 is 43.0 Å². The van der Waals surface area contributed by atoms with Gasteiger partial charge in [-0.25, -0.2) is 19.6 Å². The lowest BCUT2D eigenvalue weighted by Crippen LogP contribution is -2.30. The number of nitrogens with zero attached hydrogens (tertiary/aromatic N) is 3. The normalized spacial score (nSPS) is 16.5. The molecule has 2 aliphatic rings.